The van der Waals surface area contributed by atoms with Crippen molar-refractivity contribution in [2.75, 3.05) is 7.11 Å². The minimum Gasteiger partial charge on any atom is -0.495 e. The number of aromatic nitrogens is 4. The summed E-state index contributed by atoms with van der Waals surface area (Å²) >= 11 is 0. The smallest absolute Gasteiger partial charge is 0.348 e. The second kappa shape index (κ2) is 8.48. The number of halogens is 1. The molecule has 1 aliphatic carbocycles. The topological polar surface area (TPSA) is 106 Å². The number of rotatable bonds is 6. The third kappa shape index (κ3) is 3.90. The summed E-state index contributed by atoms with van der Waals surface area (Å²) in [5, 5.41) is 15.6. The first-order valence-electron chi connectivity index (χ1n) is 10.7. The van der Waals surface area contributed by atoms with E-state index in [0.29, 0.717) is 28.3 Å². The normalized spacial score (nSPS) is 13.0. The van der Waals surface area contributed by atoms with Gasteiger partial charge in [-0.25, -0.2) is 18.9 Å². The van der Waals surface area contributed by atoms with E-state index < -0.39 is 11.5 Å². The Kier molecular flexibility index (Phi) is 5.34. The number of nitrogens with zero attached hydrogens (tertiary/aromatic N) is 4. The Bertz CT molecular complexity index is 1500. The number of carbonyl (C=O) groups is 1. The van der Waals surface area contributed by atoms with Gasteiger partial charge in [-0.05, 0) is 59.9 Å². The van der Waals surface area contributed by atoms with Gasteiger partial charge in [-0.15, -0.1) is 0 Å². The summed E-state index contributed by atoms with van der Waals surface area (Å²) in [6.07, 6.45) is 5.50. The van der Waals surface area contributed by atoms with Crippen LogP contribution in [0.5, 0.6) is 5.75 Å². The van der Waals surface area contributed by atoms with E-state index >= 15 is 4.39 Å². The number of hydrogen-bond donors (Lipinski definition) is 1. The van der Waals surface area contributed by atoms with Gasteiger partial charge in [0.2, 0.25) is 5.91 Å². The molecule has 0 bridgehead atoms. The van der Waals surface area contributed by atoms with Crippen LogP contribution in [-0.2, 0) is 6.42 Å². The van der Waals surface area contributed by atoms with Crippen molar-refractivity contribution in [3.05, 3.63) is 88.1 Å². The molecule has 1 fully saturated rings. The van der Waals surface area contributed by atoms with Gasteiger partial charge in [0.05, 0.1) is 18.4 Å². The van der Waals surface area contributed by atoms with Gasteiger partial charge in [-0.1, -0.05) is 12.1 Å². The van der Waals surface area contributed by atoms with E-state index in [1.54, 1.807) is 47.3 Å². The van der Waals surface area contributed by atoms with Crippen LogP contribution in [0.2, 0.25) is 0 Å². The molecule has 0 spiro atoms. The maximum atomic E-state index is 15.2. The number of methoxy groups -OCH3 is 1. The second-order valence-electron chi connectivity index (χ2n) is 8.19. The molecule has 4 aromatic rings. The highest BCUT2D eigenvalue weighted by Gasteiger charge is 2.30. The molecule has 0 atom stereocenters. The molecule has 2 heterocycles. The number of aromatic amines is 1. The molecule has 0 amide bonds. The van der Waals surface area contributed by atoms with Crippen molar-refractivity contribution in [2.45, 2.75) is 19.3 Å². The highest BCUT2D eigenvalue weighted by atomic mass is 19.1. The summed E-state index contributed by atoms with van der Waals surface area (Å²) in [5.41, 5.74) is 1.91. The summed E-state index contributed by atoms with van der Waals surface area (Å²) < 4.78 is 23.2. The van der Waals surface area contributed by atoms with Crippen molar-refractivity contribution in [3.8, 4) is 28.6 Å². The van der Waals surface area contributed by atoms with Crippen molar-refractivity contribution < 1.29 is 13.9 Å². The van der Waals surface area contributed by atoms with Crippen LogP contribution in [0, 0.1) is 23.1 Å². The molecular formula is C25H20FN5O3. The van der Waals surface area contributed by atoms with E-state index in [1.807, 2.05) is 6.07 Å². The van der Waals surface area contributed by atoms with Crippen LogP contribution in [0.1, 0.15) is 34.6 Å². The molecule has 170 valence electrons. The molecular weight excluding hydrogens is 437 g/mol. The minimum atomic E-state index is -0.605. The Balaban J connectivity index is 1.45. The number of nitrogens with one attached hydrogen (secondary N) is 1. The van der Waals surface area contributed by atoms with E-state index in [9.17, 15) is 9.59 Å². The van der Waals surface area contributed by atoms with Gasteiger partial charge < -0.3 is 4.74 Å². The molecule has 9 heteroatoms. The SMILES string of the molecule is COc1cc(-c2ccc(-n3c(Cc4ccn(C(=O)C5CC5)c4)n[nH]c3=O)c(F)c2)ccc1C#N. The molecule has 0 radical (unpaired) electrons. The van der Waals surface area contributed by atoms with Gasteiger partial charge in [0.1, 0.15) is 23.5 Å². The zero-order valence-electron chi connectivity index (χ0n) is 18.3. The molecule has 2 aromatic carbocycles. The lowest BCUT2D eigenvalue weighted by Gasteiger charge is -2.10. The molecule has 1 saturated carbocycles. The Morgan fingerprint density at radius 2 is 2.00 bits per heavy atom. The first-order chi connectivity index (χ1) is 16.5. The fourth-order valence-electron chi connectivity index (χ4n) is 3.93. The Labute approximate surface area is 193 Å². The van der Waals surface area contributed by atoms with Crippen molar-refractivity contribution in [1.82, 2.24) is 19.3 Å². The molecule has 0 aliphatic heterocycles. The Morgan fingerprint density at radius 1 is 1.24 bits per heavy atom. The number of nitriles is 1. The maximum absolute atomic E-state index is 15.2. The summed E-state index contributed by atoms with van der Waals surface area (Å²) in [5.74, 6) is 0.268. The van der Waals surface area contributed by atoms with Crippen LogP contribution in [0.25, 0.3) is 16.8 Å². The van der Waals surface area contributed by atoms with Gasteiger partial charge in [-0.2, -0.15) is 10.4 Å². The zero-order chi connectivity index (χ0) is 23.8. The van der Waals surface area contributed by atoms with Crippen LogP contribution >= 0.6 is 0 Å². The fraction of sp³-hybridized carbons (Fsp3) is 0.200. The Morgan fingerprint density at radius 3 is 2.71 bits per heavy atom. The summed E-state index contributed by atoms with van der Waals surface area (Å²) in [7, 11) is 1.46. The molecule has 8 nitrogen and oxygen atoms in total. The van der Waals surface area contributed by atoms with Crippen LogP contribution in [0.3, 0.4) is 0 Å². The first kappa shape index (κ1) is 21.4. The Hall–Kier alpha value is -4.45. The van der Waals surface area contributed by atoms with Crippen molar-refractivity contribution >= 4 is 5.91 Å². The first-order valence-corrected chi connectivity index (χ1v) is 10.7. The number of hydrogen-bond acceptors (Lipinski definition) is 5. The molecule has 2 aromatic heterocycles. The highest BCUT2D eigenvalue weighted by molar-refractivity contribution is 5.83. The quantitative estimate of drug-likeness (QED) is 0.475. The highest BCUT2D eigenvalue weighted by Crippen LogP contribution is 2.31. The van der Waals surface area contributed by atoms with Crippen LogP contribution in [-0.4, -0.2) is 32.3 Å². The number of benzene rings is 2. The lowest BCUT2D eigenvalue weighted by atomic mass is 10.0. The molecule has 34 heavy (non-hydrogen) atoms. The second-order valence-corrected chi connectivity index (χ2v) is 8.19. The van der Waals surface area contributed by atoms with Gasteiger partial charge in [0.25, 0.3) is 0 Å². The third-order valence-corrected chi connectivity index (χ3v) is 5.88. The van der Waals surface area contributed by atoms with Gasteiger partial charge >= 0.3 is 5.69 Å². The van der Waals surface area contributed by atoms with Gasteiger partial charge in [0.15, 0.2) is 0 Å². The molecule has 0 saturated heterocycles. The molecule has 5 rings (SSSR count). The summed E-state index contributed by atoms with van der Waals surface area (Å²) in [6.45, 7) is 0. The van der Waals surface area contributed by atoms with E-state index in [4.69, 9.17) is 10.00 Å². The number of ether oxygens (including phenoxy) is 1. The summed E-state index contributed by atoms with van der Waals surface area (Å²) in [6, 6.07) is 13.3. The standard InChI is InChI=1S/C25H20FN5O3/c1-34-22-12-18(4-5-19(22)13-27)17-6-7-21(20(26)11-17)31-23(28-29-25(31)33)10-15-8-9-30(14-15)24(32)16-2-3-16/h4-9,11-12,14,16H,2-3,10H2,1H3,(H,29,33). The zero-order valence-corrected chi connectivity index (χ0v) is 18.3. The van der Waals surface area contributed by atoms with Crippen molar-refractivity contribution in [1.29, 1.82) is 5.26 Å². The lowest BCUT2D eigenvalue weighted by Crippen LogP contribution is -2.18. The predicted octanol–water partition coefficient (Wildman–Crippen LogP) is 3.69. The monoisotopic (exact) mass is 457 g/mol. The van der Waals surface area contributed by atoms with E-state index in [2.05, 4.69) is 10.2 Å². The largest absolute Gasteiger partial charge is 0.495 e. The van der Waals surface area contributed by atoms with E-state index in [0.717, 1.165) is 18.4 Å². The van der Waals surface area contributed by atoms with Crippen LogP contribution < -0.4 is 10.4 Å². The van der Waals surface area contributed by atoms with Crippen LogP contribution in [0.15, 0.2) is 59.7 Å². The van der Waals surface area contributed by atoms with E-state index in [-0.39, 0.29) is 23.9 Å². The van der Waals surface area contributed by atoms with Gasteiger partial charge in [-0.3, -0.25) is 9.36 Å². The van der Waals surface area contributed by atoms with Gasteiger partial charge in [0, 0.05) is 24.7 Å². The average molecular weight is 457 g/mol. The maximum Gasteiger partial charge on any atom is 0.348 e. The summed E-state index contributed by atoms with van der Waals surface area (Å²) in [4.78, 5) is 24.7. The molecule has 1 N–H and O–H groups in total. The fourth-order valence-corrected chi connectivity index (χ4v) is 3.93. The van der Waals surface area contributed by atoms with E-state index in [1.165, 1.54) is 23.8 Å². The lowest BCUT2D eigenvalue weighted by molar-refractivity contribution is 0.0886. The van der Waals surface area contributed by atoms with Crippen LogP contribution in [0.4, 0.5) is 4.39 Å². The number of carbonyl (C=O) groups excluding carboxylic acids is 1. The van der Waals surface area contributed by atoms with Crippen molar-refractivity contribution in [2.24, 2.45) is 5.92 Å². The predicted molar refractivity (Wildman–Crippen MR) is 121 cm³/mol. The minimum absolute atomic E-state index is 0.0617. The average Bonchev–Trinajstić information content (AvgIpc) is 3.50. The van der Waals surface area contributed by atoms with Crippen molar-refractivity contribution in [3.63, 3.8) is 0 Å². The number of H-pyrrole nitrogens is 1. The molecule has 0 unspecified atom stereocenters. The third-order valence-electron chi connectivity index (χ3n) is 5.88. The molecule has 1 aliphatic rings.